The number of amides is 1. The molecular weight excluding hydrogens is 435 g/mol. The summed E-state index contributed by atoms with van der Waals surface area (Å²) >= 11 is 0. The molecule has 0 aliphatic rings. The van der Waals surface area contributed by atoms with Gasteiger partial charge in [-0.1, -0.05) is 38.1 Å². The Morgan fingerprint density at radius 3 is 2.53 bits per heavy atom. The summed E-state index contributed by atoms with van der Waals surface area (Å²) in [7, 11) is -4.23. The normalized spacial score (nSPS) is 12.6. The quantitative estimate of drug-likeness (QED) is 0.475. The third kappa shape index (κ3) is 6.25. The van der Waals surface area contributed by atoms with E-state index in [9.17, 15) is 17.6 Å². The van der Waals surface area contributed by atoms with E-state index in [0.29, 0.717) is 24.7 Å². The molecule has 0 aliphatic heterocycles. The number of carbonyl (C=O) groups excluding carboxylic acids is 1. The summed E-state index contributed by atoms with van der Waals surface area (Å²) in [5.74, 6) is -1.11. The molecule has 0 unspecified atom stereocenters. The average molecular weight is 461 g/mol. The highest BCUT2D eigenvalue weighted by molar-refractivity contribution is 7.89. The van der Waals surface area contributed by atoms with Gasteiger partial charge in [0, 0.05) is 5.69 Å². The smallest absolute Gasteiger partial charge is 0.244 e. The Morgan fingerprint density at radius 2 is 1.84 bits per heavy atom. The molecule has 1 amide bonds. The van der Waals surface area contributed by atoms with Gasteiger partial charge in [0.25, 0.3) is 0 Å². The van der Waals surface area contributed by atoms with Crippen molar-refractivity contribution in [1.29, 1.82) is 0 Å². The predicted molar refractivity (Wildman–Crippen MR) is 118 cm³/mol. The van der Waals surface area contributed by atoms with E-state index in [1.165, 1.54) is 12.1 Å². The van der Waals surface area contributed by atoms with Crippen molar-refractivity contribution in [2.75, 3.05) is 5.32 Å². The molecule has 3 rings (SSSR count). The van der Waals surface area contributed by atoms with Crippen molar-refractivity contribution in [1.82, 2.24) is 4.72 Å². The van der Waals surface area contributed by atoms with Crippen LogP contribution in [0.3, 0.4) is 0 Å². The Hall–Kier alpha value is -3.01. The van der Waals surface area contributed by atoms with Gasteiger partial charge in [-0.25, -0.2) is 12.8 Å². The van der Waals surface area contributed by atoms with Crippen LogP contribution in [0.4, 0.5) is 10.1 Å². The highest BCUT2D eigenvalue weighted by Crippen LogP contribution is 2.18. The van der Waals surface area contributed by atoms with Crippen molar-refractivity contribution in [2.24, 2.45) is 5.92 Å². The molecule has 0 saturated carbocycles. The molecular formula is C23H25FN2O5S. The van der Waals surface area contributed by atoms with E-state index in [1.807, 2.05) is 12.1 Å². The van der Waals surface area contributed by atoms with E-state index in [2.05, 4.69) is 10.0 Å². The zero-order valence-electron chi connectivity index (χ0n) is 17.7. The number of rotatable bonds is 10. The summed E-state index contributed by atoms with van der Waals surface area (Å²) in [5.41, 5.74) is 1.31. The van der Waals surface area contributed by atoms with Gasteiger partial charge in [-0.2, -0.15) is 4.72 Å². The summed E-state index contributed by atoms with van der Waals surface area (Å²) in [5, 5.41) is 2.72. The number of hydrogen-bond donors (Lipinski definition) is 2. The van der Waals surface area contributed by atoms with Gasteiger partial charge in [-0.05, 0) is 47.9 Å². The molecule has 0 fully saturated rings. The molecule has 0 saturated heterocycles. The Balaban J connectivity index is 1.66. The lowest BCUT2D eigenvalue weighted by molar-refractivity contribution is -0.118. The minimum atomic E-state index is -4.23. The number of ether oxygens (including phenoxy) is 1. The fourth-order valence-corrected chi connectivity index (χ4v) is 4.43. The molecule has 0 radical (unpaired) electrons. The van der Waals surface area contributed by atoms with Crippen LogP contribution in [0.2, 0.25) is 0 Å². The lowest BCUT2D eigenvalue weighted by Gasteiger charge is -2.22. The van der Waals surface area contributed by atoms with Crippen LogP contribution >= 0.6 is 0 Å². The van der Waals surface area contributed by atoms with Crippen molar-refractivity contribution in [3.8, 4) is 0 Å². The van der Waals surface area contributed by atoms with Crippen LogP contribution in [0.25, 0.3) is 0 Å². The van der Waals surface area contributed by atoms with E-state index in [0.717, 1.165) is 17.7 Å². The third-order valence-corrected chi connectivity index (χ3v) is 6.12. The fraction of sp³-hybridized carbons (Fsp3) is 0.261. The fourth-order valence-electron chi connectivity index (χ4n) is 3.01. The SMILES string of the molecule is CC(C)[C@H](NS(=O)(=O)c1ccccc1F)C(=O)Nc1cccc(COCc2ccco2)c1. The average Bonchev–Trinajstić information content (AvgIpc) is 3.26. The van der Waals surface area contributed by atoms with Crippen LogP contribution < -0.4 is 10.0 Å². The van der Waals surface area contributed by atoms with Gasteiger partial charge in [0.15, 0.2) is 0 Å². The number of anilines is 1. The minimum absolute atomic E-state index is 0.304. The van der Waals surface area contributed by atoms with Crippen molar-refractivity contribution in [3.63, 3.8) is 0 Å². The Morgan fingerprint density at radius 1 is 1.06 bits per heavy atom. The van der Waals surface area contributed by atoms with Crippen molar-refractivity contribution < 1.29 is 26.8 Å². The molecule has 0 aliphatic carbocycles. The summed E-state index contributed by atoms with van der Waals surface area (Å²) in [4.78, 5) is 12.3. The van der Waals surface area contributed by atoms with Gasteiger partial charge in [-0.3, -0.25) is 4.79 Å². The summed E-state index contributed by atoms with van der Waals surface area (Å²) in [6.07, 6.45) is 1.57. The highest BCUT2D eigenvalue weighted by Gasteiger charge is 2.29. The van der Waals surface area contributed by atoms with Crippen molar-refractivity contribution in [3.05, 3.63) is 84.1 Å². The first-order valence-corrected chi connectivity index (χ1v) is 11.5. The Kier molecular flexibility index (Phi) is 7.79. The second-order valence-corrected chi connectivity index (χ2v) is 9.22. The number of nitrogens with one attached hydrogen (secondary N) is 2. The molecule has 0 spiro atoms. The first kappa shape index (κ1) is 23.6. The first-order valence-electron chi connectivity index (χ1n) is 10.0. The second kappa shape index (κ2) is 10.5. The van der Waals surface area contributed by atoms with Crippen molar-refractivity contribution in [2.45, 2.75) is 38.0 Å². The Bertz CT molecular complexity index is 1150. The third-order valence-electron chi connectivity index (χ3n) is 4.65. The number of halogens is 1. The molecule has 3 aromatic rings. The van der Waals surface area contributed by atoms with E-state index in [4.69, 9.17) is 9.15 Å². The maximum atomic E-state index is 14.0. The molecule has 1 heterocycles. The van der Waals surface area contributed by atoms with Gasteiger partial charge >= 0.3 is 0 Å². The van der Waals surface area contributed by atoms with E-state index in [-0.39, 0.29) is 5.92 Å². The zero-order chi connectivity index (χ0) is 23.1. The molecule has 7 nitrogen and oxygen atoms in total. The predicted octanol–water partition coefficient (Wildman–Crippen LogP) is 4.08. The van der Waals surface area contributed by atoms with E-state index < -0.39 is 32.7 Å². The summed E-state index contributed by atoms with van der Waals surface area (Å²) in [6, 6.07) is 14.5. The summed E-state index contributed by atoms with van der Waals surface area (Å²) < 4.78 is 52.4. The molecule has 2 aromatic carbocycles. The standard InChI is InChI=1S/C23H25FN2O5S/c1-16(2)22(26-32(28,29)21-11-4-3-10-20(21)24)23(27)25-18-8-5-7-17(13-18)14-30-15-19-9-6-12-31-19/h3-13,16,22,26H,14-15H2,1-2H3,(H,25,27)/t22-/m0/s1. The molecule has 9 heteroatoms. The molecule has 170 valence electrons. The van der Waals surface area contributed by atoms with Gasteiger partial charge < -0.3 is 14.5 Å². The number of benzene rings is 2. The van der Waals surface area contributed by atoms with Crippen LogP contribution in [0.5, 0.6) is 0 Å². The molecule has 0 bridgehead atoms. The monoisotopic (exact) mass is 460 g/mol. The lowest BCUT2D eigenvalue weighted by Crippen LogP contribution is -2.47. The topological polar surface area (TPSA) is 97.6 Å². The van der Waals surface area contributed by atoms with E-state index in [1.54, 1.807) is 44.4 Å². The van der Waals surface area contributed by atoms with Crippen LogP contribution in [0.1, 0.15) is 25.2 Å². The molecule has 2 N–H and O–H groups in total. The van der Waals surface area contributed by atoms with Crippen LogP contribution in [-0.2, 0) is 32.8 Å². The van der Waals surface area contributed by atoms with Gasteiger partial charge in [0.05, 0.1) is 12.9 Å². The largest absolute Gasteiger partial charge is 0.467 e. The molecule has 32 heavy (non-hydrogen) atoms. The van der Waals surface area contributed by atoms with Gasteiger partial charge in [-0.15, -0.1) is 0 Å². The Labute approximate surface area is 186 Å². The number of sulfonamides is 1. The first-order chi connectivity index (χ1) is 15.3. The van der Waals surface area contributed by atoms with Gasteiger partial charge in [0.1, 0.15) is 29.1 Å². The van der Waals surface area contributed by atoms with Crippen LogP contribution in [-0.4, -0.2) is 20.4 Å². The summed E-state index contributed by atoms with van der Waals surface area (Å²) in [6.45, 7) is 4.02. The van der Waals surface area contributed by atoms with Crippen molar-refractivity contribution >= 4 is 21.6 Å². The maximum absolute atomic E-state index is 14.0. The maximum Gasteiger partial charge on any atom is 0.244 e. The molecule has 1 atom stereocenters. The van der Waals surface area contributed by atoms with Crippen LogP contribution in [0.15, 0.2) is 76.2 Å². The molecule has 1 aromatic heterocycles. The van der Waals surface area contributed by atoms with Crippen LogP contribution in [0, 0.1) is 11.7 Å². The van der Waals surface area contributed by atoms with Gasteiger partial charge in [0.2, 0.25) is 15.9 Å². The highest BCUT2D eigenvalue weighted by atomic mass is 32.2. The minimum Gasteiger partial charge on any atom is -0.467 e. The number of furan rings is 1. The lowest BCUT2D eigenvalue weighted by atomic mass is 10.0. The number of hydrogen-bond acceptors (Lipinski definition) is 5. The zero-order valence-corrected chi connectivity index (χ0v) is 18.6. The number of carbonyl (C=O) groups is 1. The second-order valence-electron chi connectivity index (χ2n) is 7.54. The van der Waals surface area contributed by atoms with E-state index >= 15 is 0 Å².